The van der Waals surface area contributed by atoms with E-state index in [9.17, 15) is 4.79 Å². The van der Waals surface area contributed by atoms with E-state index in [1.165, 1.54) is 0 Å². The van der Waals surface area contributed by atoms with Gasteiger partial charge in [-0.15, -0.1) is 0 Å². The first kappa shape index (κ1) is 13.1. The van der Waals surface area contributed by atoms with Crippen molar-refractivity contribution in [1.82, 2.24) is 4.90 Å². The third-order valence-electron chi connectivity index (χ3n) is 3.89. The van der Waals surface area contributed by atoms with Crippen molar-refractivity contribution in [2.75, 3.05) is 32.1 Å². The van der Waals surface area contributed by atoms with E-state index in [2.05, 4.69) is 43.0 Å². The Balaban J connectivity index is 2.26. The van der Waals surface area contributed by atoms with Crippen molar-refractivity contribution in [3.8, 4) is 0 Å². The van der Waals surface area contributed by atoms with Crippen molar-refractivity contribution in [3.05, 3.63) is 29.3 Å². The molecule has 2 atom stereocenters. The Kier molecular flexibility index (Phi) is 3.71. The number of likely N-dealkylation sites (N-methyl/N-ethyl adjacent to an activating group) is 1. The second kappa shape index (κ2) is 5.11. The van der Waals surface area contributed by atoms with Crippen molar-refractivity contribution in [2.45, 2.75) is 19.9 Å². The zero-order valence-electron chi connectivity index (χ0n) is 11.7. The molecule has 18 heavy (non-hydrogen) atoms. The van der Waals surface area contributed by atoms with Crippen LogP contribution in [0.15, 0.2) is 18.2 Å². The molecule has 0 radical (unpaired) electrons. The lowest BCUT2D eigenvalue weighted by Gasteiger charge is -2.23. The number of hydrogen-bond donors (Lipinski definition) is 0. The average molecular weight is 246 g/mol. The molecule has 0 saturated carbocycles. The molecule has 1 aromatic carbocycles. The topological polar surface area (TPSA) is 23.6 Å². The molecule has 1 heterocycles. The summed E-state index contributed by atoms with van der Waals surface area (Å²) in [6.45, 7) is 6.32. The van der Waals surface area contributed by atoms with Crippen molar-refractivity contribution in [2.24, 2.45) is 5.92 Å². The SMILES string of the molecule is Cc1ccc(N2CC(C)C(N(C)C)C2)c(C=O)c1. The highest BCUT2D eigenvalue weighted by Crippen LogP contribution is 2.28. The van der Waals surface area contributed by atoms with Gasteiger partial charge in [0.25, 0.3) is 0 Å². The van der Waals surface area contributed by atoms with Gasteiger partial charge in [-0.25, -0.2) is 0 Å². The molecule has 0 amide bonds. The molecular weight excluding hydrogens is 224 g/mol. The van der Waals surface area contributed by atoms with Gasteiger partial charge < -0.3 is 9.80 Å². The van der Waals surface area contributed by atoms with Gasteiger partial charge in [-0.1, -0.05) is 18.6 Å². The van der Waals surface area contributed by atoms with E-state index in [4.69, 9.17) is 0 Å². The van der Waals surface area contributed by atoms with Crippen molar-refractivity contribution in [1.29, 1.82) is 0 Å². The monoisotopic (exact) mass is 246 g/mol. The predicted octanol–water partition coefficient (Wildman–Crippen LogP) is 2.19. The fraction of sp³-hybridized carbons (Fsp3) is 0.533. The molecule has 1 aromatic rings. The second-order valence-corrected chi connectivity index (χ2v) is 5.59. The summed E-state index contributed by atoms with van der Waals surface area (Å²) in [6, 6.07) is 6.68. The third-order valence-corrected chi connectivity index (χ3v) is 3.89. The van der Waals surface area contributed by atoms with Gasteiger partial charge in [0.05, 0.1) is 0 Å². The minimum Gasteiger partial charge on any atom is -0.369 e. The zero-order chi connectivity index (χ0) is 13.3. The molecule has 0 N–H and O–H groups in total. The summed E-state index contributed by atoms with van der Waals surface area (Å²) in [4.78, 5) is 15.8. The standard InChI is InChI=1S/C15H22N2O/c1-11-5-6-14(13(7-11)10-18)17-8-12(2)15(9-17)16(3)4/h5-7,10,12,15H,8-9H2,1-4H3. The molecule has 1 aliphatic heterocycles. The molecule has 1 aliphatic rings. The Hall–Kier alpha value is -1.35. The fourth-order valence-corrected chi connectivity index (χ4v) is 2.87. The Labute approximate surface area is 109 Å². The lowest BCUT2D eigenvalue weighted by molar-refractivity contribution is 0.112. The van der Waals surface area contributed by atoms with Crippen molar-refractivity contribution in [3.63, 3.8) is 0 Å². The maximum atomic E-state index is 11.2. The smallest absolute Gasteiger partial charge is 0.152 e. The van der Waals surface area contributed by atoms with E-state index in [1.807, 2.05) is 13.0 Å². The molecule has 3 heteroatoms. The summed E-state index contributed by atoms with van der Waals surface area (Å²) in [6.07, 6.45) is 0.968. The second-order valence-electron chi connectivity index (χ2n) is 5.59. The summed E-state index contributed by atoms with van der Waals surface area (Å²) in [5.74, 6) is 0.626. The van der Waals surface area contributed by atoms with Gasteiger partial charge in [-0.2, -0.15) is 0 Å². The van der Waals surface area contributed by atoms with Crippen LogP contribution in [0.25, 0.3) is 0 Å². The number of aldehydes is 1. The Bertz CT molecular complexity index is 442. The predicted molar refractivity (Wildman–Crippen MR) is 75.4 cm³/mol. The number of hydrogen-bond acceptors (Lipinski definition) is 3. The largest absolute Gasteiger partial charge is 0.369 e. The number of carbonyl (C=O) groups excluding carboxylic acids is 1. The van der Waals surface area contributed by atoms with Gasteiger partial charge in [-0.3, -0.25) is 4.79 Å². The van der Waals surface area contributed by atoms with Crippen LogP contribution in [0.2, 0.25) is 0 Å². The molecule has 3 nitrogen and oxygen atoms in total. The minimum atomic E-state index is 0.561. The van der Waals surface area contributed by atoms with Crippen LogP contribution in [0.1, 0.15) is 22.8 Å². The van der Waals surface area contributed by atoms with Crippen molar-refractivity contribution >= 4 is 12.0 Å². The maximum Gasteiger partial charge on any atom is 0.152 e. The molecule has 0 aromatic heterocycles. The first-order chi connectivity index (χ1) is 8.52. The molecule has 0 spiro atoms. The lowest BCUT2D eigenvalue weighted by atomic mass is 10.1. The highest BCUT2D eigenvalue weighted by atomic mass is 16.1. The van der Waals surface area contributed by atoms with Gasteiger partial charge in [0.1, 0.15) is 0 Å². The van der Waals surface area contributed by atoms with Crippen LogP contribution >= 0.6 is 0 Å². The van der Waals surface area contributed by atoms with E-state index in [-0.39, 0.29) is 0 Å². The van der Waals surface area contributed by atoms with Crippen LogP contribution in [0.3, 0.4) is 0 Å². The number of anilines is 1. The number of benzene rings is 1. The highest BCUT2D eigenvalue weighted by Gasteiger charge is 2.31. The van der Waals surface area contributed by atoms with E-state index in [1.54, 1.807) is 0 Å². The first-order valence-corrected chi connectivity index (χ1v) is 6.50. The number of carbonyl (C=O) groups is 1. The number of rotatable bonds is 3. The molecule has 2 unspecified atom stereocenters. The quantitative estimate of drug-likeness (QED) is 0.764. The molecule has 98 valence electrons. The van der Waals surface area contributed by atoms with E-state index >= 15 is 0 Å². The number of aryl methyl sites for hydroxylation is 1. The van der Waals surface area contributed by atoms with Crippen LogP contribution in [0.4, 0.5) is 5.69 Å². The highest BCUT2D eigenvalue weighted by molar-refractivity contribution is 5.85. The average Bonchev–Trinajstić information content (AvgIpc) is 2.71. The zero-order valence-corrected chi connectivity index (χ0v) is 11.7. The Morgan fingerprint density at radius 1 is 1.33 bits per heavy atom. The summed E-state index contributed by atoms with van der Waals surface area (Å²) < 4.78 is 0. The van der Waals surface area contributed by atoms with Gasteiger partial charge in [-0.05, 0) is 39.1 Å². The summed E-state index contributed by atoms with van der Waals surface area (Å²) in [5.41, 5.74) is 3.02. The molecule has 0 aliphatic carbocycles. The molecule has 2 rings (SSSR count). The maximum absolute atomic E-state index is 11.2. The molecule has 0 bridgehead atoms. The first-order valence-electron chi connectivity index (χ1n) is 6.50. The van der Waals surface area contributed by atoms with Crippen LogP contribution in [-0.4, -0.2) is 44.4 Å². The fourth-order valence-electron chi connectivity index (χ4n) is 2.87. The van der Waals surface area contributed by atoms with Gasteiger partial charge in [0.15, 0.2) is 6.29 Å². The van der Waals surface area contributed by atoms with Crippen molar-refractivity contribution < 1.29 is 4.79 Å². The molecular formula is C15H22N2O. The number of nitrogens with zero attached hydrogens (tertiary/aromatic N) is 2. The van der Waals surface area contributed by atoms with E-state index in [0.717, 1.165) is 36.2 Å². The third kappa shape index (κ3) is 2.41. The minimum absolute atomic E-state index is 0.561. The summed E-state index contributed by atoms with van der Waals surface area (Å²) >= 11 is 0. The van der Waals surface area contributed by atoms with E-state index < -0.39 is 0 Å². The molecule has 1 saturated heterocycles. The Morgan fingerprint density at radius 3 is 2.61 bits per heavy atom. The van der Waals surface area contributed by atoms with Crippen LogP contribution < -0.4 is 4.90 Å². The van der Waals surface area contributed by atoms with Crippen LogP contribution in [-0.2, 0) is 0 Å². The van der Waals surface area contributed by atoms with E-state index in [0.29, 0.717) is 12.0 Å². The molecule has 1 fully saturated rings. The van der Waals surface area contributed by atoms with Crippen LogP contribution in [0.5, 0.6) is 0 Å². The summed E-state index contributed by atoms with van der Waals surface area (Å²) in [5, 5.41) is 0. The van der Waals surface area contributed by atoms with Gasteiger partial charge in [0.2, 0.25) is 0 Å². The summed E-state index contributed by atoms with van der Waals surface area (Å²) in [7, 11) is 4.25. The Morgan fingerprint density at radius 2 is 2.06 bits per heavy atom. The van der Waals surface area contributed by atoms with Crippen LogP contribution in [0, 0.1) is 12.8 Å². The lowest BCUT2D eigenvalue weighted by Crippen LogP contribution is -2.34. The van der Waals surface area contributed by atoms with Gasteiger partial charge in [0, 0.05) is 30.4 Å². The normalized spacial score (nSPS) is 23.7. The van der Waals surface area contributed by atoms with Gasteiger partial charge >= 0.3 is 0 Å².